The molecule has 0 aliphatic heterocycles. The van der Waals surface area contributed by atoms with Crippen molar-refractivity contribution in [2.45, 2.75) is 44.8 Å². The zero-order valence-electron chi connectivity index (χ0n) is 15.9. The molecule has 3 aromatic rings. The molecule has 1 saturated carbocycles. The SMILES string of the molecule is O=C(NC[C@H](O)C1CCCCC1)c1cnc2c(cnn2Cc2ccccc2)c1. The number of fused-ring (bicyclic) bond motifs is 1. The van der Waals surface area contributed by atoms with E-state index in [0.29, 0.717) is 18.0 Å². The first kappa shape index (κ1) is 18.6. The average molecular weight is 378 g/mol. The highest BCUT2D eigenvalue weighted by atomic mass is 16.3. The van der Waals surface area contributed by atoms with E-state index in [1.165, 1.54) is 19.3 Å². The molecule has 1 fully saturated rings. The Balaban J connectivity index is 1.40. The van der Waals surface area contributed by atoms with Crippen LogP contribution in [0.5, 0.6) is 0 Å². The molecule has 0 spiro atoms. The maximum Gasteiger partial charge on any atom is 0.252 e. The summed E-state index contributed by atoms with van der Waals surface area (Å²) in [6, 6.07) is 11.9. The summed E-state index contributed by atoms with van der Waals surface area (Å²) in [4.78, 5) is 16.9. The van der Waals surface area contributed by atoms with Crippen molar-refractivity contribution >= 4 is 16.9 Å². The molecule has 28 heavy (non-hydrogen) atoms. The number of hydrogen-bond acceptors (Lipinski definition) is 4. The second-order valence-corrected chi connectivity index (χ2v) is 7.60. The second-order valence-electron chi connectivity index (χ2n) is 7.60. The third-order valence-corrected chi connectivity index (χ3v) is 5.58. The fourth-order valence-electron chi connectivity index (χ4n) is 3.95. The number of carbonyl (C=O) groups is 1. The molecule has 1 amide bonds. The predicted octanol–water partition coefficient (Wildman–Crippen LogP) is 3.15. The number of rotatable bonds is 6. The van der Waals surface area contributed by atoms with Gasteiger partial charge in [0.15, 0.2) is 5.65 Å². The molecule has 0 bridgehead atoms. The Morgan fingerprint density at radius 1 is 1.18 bits per heavy atom. The summed E-state index contributed by atoms with van der Waals surface area (Å²) in [6.07, 6.45) is 8.52. The van der Waals surface area contributed by atoms with Crippen LogP contribution in [0.3, 0.4) is 0 Å². The van der Waals surface area contributed by atoms with Gasteiger partial charge in [0.25, 0.3) is 5.91 Å². The van der Waals surface area contributed by atoms with E-state index in [1.54, 1.807) is 18.5 Å². The molecule has 4 rings (SSSR count). The lowest BCUT2D eigenvalue weighted by molar-refractivity contribution is 0.0738. The van der Waals surface area contributed by atoms with E-state index in [9.17, 15) is 9.90 Å². The number of aliphatic hydroxyl groups is 1. The quantitative estimate of drug-likeness (QED) is 0.690. The Labute approximate surface area is 164 Å². The zero-order valence-corrected chi connectivity index (χ0v) is 15.9. The van der Waals surface area contributed by atoms with Crippen molar-refractivity contribution in [2.24, 2.45) is 5.92 Å². The molecule has 2 N–H and O–H groups in total. The van der Waals surface area contributed by atoms with Gasteiger partial charge in [-0.15, -0.1) is 0 Å². The van der Waals surface area contributed by atoms with Gasteiger partial charge in [-0.25, -0.2) is 9.67 Å². The number of amides is 1. The maximum atomic E-state index is 12.5. The number of pyridine rings is 1. The van der Waals surface area contributed by atoms with E-state index in [1.807, 2.05) is 35.0 Å². The van der Waals surface area contributed by atoms with Gasteiger partial charge in [-0.2, -0.15) is 5.10 Å². The Morgan fingerprint density at radius 3 is 2.75 bits per heavy atom. The van der Waals surface area contributed by atoms with Crippen molar-refractivity contribution in [3.05, 3.63) is 59.9 Å². The Kier molecular flexibility index (Phi) is 5.67. The minimum Gasteiger partial charge on any atom is -0.391 e. The second kappa shape index (κ2) is 8.52. The molecule has 0 saturated heterocycles. The van der Waals surface area contributed by atoms with Gasteiger partial charge in [0.05, 0.1) is 24.4 Å². The van der Waals surface area contributed by atoms with Gasteiger partial charge in [-0.3, -0.25) is 4.79 Å². The van der Waals surface area contributed by atoms with E-state index in [0.717, 1.165) is 29.4 Å². The third-order valence-electron chi connectivity index (χ3n) is 5.58. The van der Waals surface area contributed by atoms with Crippen LogP contribution in [0.4, 0.5) is 0 Å². The van der Waals surface area contributed by atoms with Crippen molar-refractivity contribution in [3.63, 3.8) is 0 Å². The van der Waals surface area contributed by atoms with Gasteiger partial charge in [0, 0.05) is 18.1 Å². The summed E-state index contributed by atoms with van der Waals surface area (Å²) in [5.41, 5.74) is 2.39. The van der Waals surface area contributed by atoms with Gasteiger partial charge in [0.1, 0.15) is 0 Å². The highest BCUT2D eigenvalue weighted by Crippen LogP contribution is 2.26. The first-order chi connectivity index (χ1) is 13.7. The number of nitrogens with one attached hydrogen (secondary N) is 1. The van der Waals surface area contributed by atoms with E-state index in [4.69, 9.17) is 0 Å². The fraction of sp³-hybridized carbons (Fsp3) is 0.409. The van der Waals surface area contributed by atoms with Crippen LogP contribution in [0.15, 0.2) is 48.8 Å². The molecule has 6 heteroatoms. The number of carbonyl (C=O) groups excluding carboxylic acids is 1. The minimum atomic E-state index is -0.477. The smallest absolute Gasteiger partial charge is 0.252 e. The van der Waals surface area contributed by atoms with Crippen LogP contribution in [0.25, 0.3) is 11.0 Å². The molecule has 1 aliphatic carbocycles. The van der Waals surface area contributed by atoms with Crippen LogP contribution >= 0.6 is 0 Å². The number of benzene rings is 1. The number of hydrogen-bond donors (Lipinski definition) is 2. The Hall–Kier alpha value is -2.73. The molecule has 6 nitrogen and oxygen atoms in total. The molecule has 1 atom stereocenters. The maximum absolute atomic E-state index is 12.5. The fourth-order valence-corrected chi connectivity index (χ4v) is 3.95. The van der Waals surface area contributed by atoms with Crippen LogP contribution in [0.1, 0.15) is 48.0 Å². The summed E-state index contributed by atoms with van der Waals surface area (Å²) < 4.78 is 1.83. The van der Waals surface area contributed by atoms with E-state index in [2.05, 4.69) is 15.4 Å². The molecule has 146 valence electrons. The van der Waals surface area contributed by atoms with Gasteiger partial charge >= 0.3 is 0 Å². The first-order valence-corrected chi connectivity index (χ1v) is 10.0. The largest absolute Gasteiger partial charge is 0.391 e. The Bertz CT molecular complexity index is 932. The molecular weight excluding hydrogens is 352 g/mol. The van der Waals surface area contributed by atoms with Gasteiger partial charge in [0.2, 0.25) is 0 Å². The van der Waals surface area contributed by atoms with Crippen molar-refractivity contribution in [2.75, 3.05) is 6.54 Å². The minimum absolute atomic E-state index is 0.208. The Morgan fingerprint density at radius 2 is 1.96 bits per heavy atom. The number of nitrogens with zero attached hydrogens (tertiary/aromatic N) is 3. The summed E-state index contributed by atoms with van der Waals surface area (Å²) in [5, 5.41) is 18.4. The van der Waals surface area contributed by atoms with Crippen molar-refractivity contribution in [1.29, 1.82) is 0 Å². The first-order valence-electron chi connectivity index (χ1n) is 10.0. The van der Waals surface area contributed by atoms with Gasteiger partial charge in [-0.05, 0) is 30.4 Å². The normalized spacial score (nSPS) is 16.2. The molecule has 2 aromatic heterocycles. The van der Waals surface area contributed by atoms with E-state index in [-0.39, 0.29) is 12.5 Å². The summed E-state index contributed by atoms with van der Waals surface area (Å²) in [5.74, 6) is 0.0888. The molecule has 2 heterocycles. The average Bonchev–Trinajstić information content (AvgIpc) is 3.15. The third kappa shape index (κ3) is 4.22. The van der Waals surface area contributed by atoms with E-state index < -0.39 is 6.10 Å². The van der Waals surface area contributed by atoms with Crippen LogP contribution in [-0.4, -0.2) is 38.4 Å². The number of aromatic nitrogens is 3. The lowest BCUT2D eigenvalue weighted by Gasteiger charge is -2.26. The highest BCUT2D eigenvalue weighted by molar-refractivity contribution is 5.96. The summed E-state index contributed by atoms with van der Waals surface area (Å²) in [7, 11) is 0. The van der Waals surface area contributed by atoms with Crippen LogP contribution < -0.4 is 5.32 Å². The monoisotopic (exact) mass is 378 g/mol. The molecule has 0 radical (unpaired) electrons. The highest BCUT2D eigenvalue weighted by Gasteiger charge is 2.22. The standard InChI is InChI=1S/C22H26N4O2/c27-20(17-9-5-2-6-10-17)14-24-22(28)19-11-18-13-25-26(21(18)23-12-19)15-16-7-3-1-4-8-16/h1,3-4,7-8,11-13,17,20,27H,2,5-6,9-10,14-15H2,(H,24,28)/t20-/m0/s1. The van der Waals surface area contributed by atoms with Gasteiger partial charge < -0.3 is 10.4 Å². The lowest BCUT2D eigenvalue weighted by Crippen LogP contribution is -2.37. The van der Waals surface area contributed by atoms with Gasteiger partial charge in [-0.1, -0.05) is 49.6 Å². The van der Waals surface area contributed by atoms with Crippen LogP contribution in [0, 0.1) is 5.92 Å². The molecule has 0 unspecified atom stereocenters. The summed E-state index contributed by atoms with van der Waals surface area (Å²) >= 11 is 0. The van der Waals surface area contributed by atoms with Crippen molar-refractivity contribution in [3.8, 4) is 0 Å². The van der Waals surface area contributed by atoms with E-state index >= 15 is 0 Å². The van der Waals surface area contributed by atoms with Crippen molar-refractivity contribution < 1.29 is 9.90 Å². The van der Waals surface area contributed by atoms with Crippen LogP contribution in [-0.2, 0) is 6.54 Å². The lowest BCUT2D eigenvalue weighted by atomic mass is 9.85. The zero-order chi connectivity index (χ0) is 19.3. The predicted molar refractivity (Wildman–Crippen MR) is 108 cm³/mol. The molecule has 1 aliphatic rings. The van der Waals surface area contributed by atoms with Crippen molar-refractivity contribution in [1.82, 2.24) is 20.1 Å². The molecular formula is C22H26N4O2. The van der Waals surface area contributed by atoms with Crippen LogP contribution in [0.2, 0.25) is 0 Å². The summed E-state index contributed by atoms with van der Waals surface area (Å²) in [6.45, 7) is 0.922. The number of aliphatic hydroxyl groups excluding tert-OH is 1. The topological polar surface area (TPSA) is 80.0 Å². The molecule has 1 aromatic carbocycles.